The average molecular weight is 232 g/mol. The van der Waals surface area contributed by atoms with Crippen LogP contribution in [0.3, 0.4) is 0 Å². The van der Waals surface area contributed by atoms with E-state index in [9.17, 15) is 9.36 Å². The summed E-state index contributed by atoms with van der Waals surface area (Å²) in [7, 11) is -3.16. The third kappa shape index (κ3) is 4.60. The summed E-state index contributed by atoms with van der Waals surface area (Å²) in [6.45, 7) is -0.399. The Kier molecular flexibility index (Phi) is 4.83. The number of carbonyl (C=O) groups excluding carboxylic acids is 1. The monoisotopic (exact) mass is 232 g/mol. The highest BCUT2D eigenvalue weighted by Crippen LogP contribution is 2.21. The zero-order chi connectivity index (χ0) is 11.1. The minimum Gasteiger partial charge on any atom is -0.482 e. The molecule has 0 bridgehead atoms. The van der Waals surface area contributed by atoms with Crippen molar-refractivity contribution in [1.29, 1.82) is 0 Å². The maximum absolute atomic E-state index is 10.9. The van der Waals surface area contributed by atoms with Crippen molar-refractivity contribution in [3.63, 3.8) is 0 Å². The number of ether oxygens (including phenoxy) is 1. The highest BCUT2D eigenvalue weighted by Gasteiger charge is 2.08. The Hall–Kier alpha value is -1.36. The van der Waals surface area contributed by atoms with Crippen molar-refractivity contribution in [1.82, 2.24) is 0 Å². The van der Waals surface area contributed by atoms with Crippen LogP contribution in [0.5, 0.6) is 5.75 Å². The molecule has 1 unspecified atom stereocenters. The molecule has 1 atom stereocenters. The molecule has 0 aliphatic carbocycles. The molecule has 0 spiro atoms. The van der Waals surface area contributed by atoms with Gasteiger partial charge in [0.2, 0.25) is 0 Å². The molecule has 0 saturated heterocycles. The first-order chi connectivity index (χ1) is 7.22. The Bertz CT molecular complexity index is 338. The molecule has 0 fully saturated rings. The van der Waals surface area contributed by atoms with Crippen LogP contribution in [0.1, 0.15) is 0 Å². The second kappa shape index (κ2) is 6.19. The highest BCUT2D eigenvalue weighted by molar-refractivity contribution is 7.33. The number of benzene rings is 1. The Morgan fingerprint density at radius 3 is 2.60 bits per heavy atom. The van der Waals surface area contributed by atoms with E-state index in [-0.39, 0.29) is 0 Å². The van der Waals surface area contributed by atoms with E-state index in [0.717, 1.165) is 0 Å². The van der Waals surface area contributed by atoms with Gasteiger partial charge in [-0.1, -0.05) is 18.2 Å². The molecule has 6 nitrogen and oxygen atoms in total. The molecule has 0 aliphatic rings. The number of rotatable bonds is 5. The van der Waals surface area contributed by atoms with Crippen molar-refractivity contribution in [3.8, 4) is 5.75 Å². The van der Waals surface area contributed by atoms with Gasteiger partial charge in [-0.3, -0.25) is 0 Å². The zero-order valence-corrected chi connectivity index (χ0v) is 8.58. The summed E-state index contributed by atoms with van der Waals surface area (Å²) in [5.74, 6) is -0.393. The summed E-state index contributed by atoms with van der Waals surface area (Å²) in [5.41, 5.74) is 0. The van der Waals surface area contributed by atoms with Crippen LogP contribution in [-0.2, 0) is 18.6 Å². The van der Waals surface area contributed by atoms with Crippen molar-refractivity contribution in [2.75, 3.05) is 6.61 Å². The van der Waals surface area contributed by atoms with Crippen molar-refractivity contribution >= 4 is 14.2 Å². The lowest BCUT2D eigenvalue weighted by Gasteiger charge is -2.04. The smallest absolute Gasteiger partial charge is 0.396 e. The van der Waals surface area contributed by atoms with Gasteiger partial charge in [0.05, 0.1) is 0 Å². The van der Waals surface area contributed by atoms with Gasteiger partial charge in [-0.05, 0) is 12.1 Å². The third-order valence-corrected chi connectivity index (χ3v) is 1.92. The number of carbonyl (C=O) groups is 1. The van der Waals surface area contributed by atoms with Crippen molar-refractivity contribution in [2.45, 2.75) is 0 Å². The Labute approximate surface area is 86.3 Å². The van der Waals surface area contributed by atoms with E-state index in [1.807, 2.05) is 0 Å². The Morgan fingerprint density at radius 2 is 2.00 bits per heavy atom. The predicted octanol–water partition coefficient (Wildman–Crippen LogP) is 1.49. The van der Waals surface area contributed by atoms with Gasteiger partial charge in [-0.15, -0.1) is 4.67 Å². The lowest BCUT2D eigenvalue weighted by molar-refractivity contribution is -0.154. The maximum atomic E-state index is 10.9. The summed E-state index contributed by atoms with van der Waals surface area (Å²) in [6.07, 6.45) is 0. The molecule has 1 N–H and O–H groups in total. The molecule has 0 saturated carbocycles. The molecular weight excluding hydrogens is 223 g/mol. The van der Waals surface area contributed by atoms with Crippen LogP contribution in [0.15, 0.2) is 30.3 Å². The van der Waals surface area contributed by atoms with Gasteiger partial charge >= 0.3 is 14.2 Å². The molecule has 0 aliphatic heterocycles. The molecule has 7 heteroatoms. The molecule has 82 valence electrons. The van der Waals surface area contributed by atoms with E-state index in [2.05, 4.69) is 9.20 Å². The van der Waals surface area contributed by atoms with Crippen LogP contribution < -0.4 is 4.74 Å². The fourth-order valence-corrected chi connectivity index (χ4v) is 1.08. The molecule has 1 aromatic carbocycles. The molecule has 0 heterocycles. The molecule has 0 amide bonds. The minimum atomic E-state index is -3.16. The van der Waals surface area contributed by atoms with Crippen LogP contribution in [0.4, 0.5) is 0 Å². The van der Waals surface area contributed by atoms with Crippen molar-refractivity contribution in [2.24, 2.45) is 0 Å². The standard InChI is InChI=1S/C8H9O6P/c9-8(13-15(11)14-10)6-12-7-4-2-1-3-5-7/h1-5,10,15H,6H2. The first-order valence-corrected chi connectivity index (χ1v) is 5.18. The predicted molar refractivity (Wildman–Crippen MR) is 50.7 cm³/mol. The molecular formula is C8H9O6P. The van der Waals surface area contributed by atoms with Crippen molar-refractivity contribution < 1.29 is 28.6 Å². The molecule has 15 heavy (non-hydrogen) atoms. The number of hydrogen-bond donors (Lipinski definition) is 1. The van der Waals surface area contributed by atoms with Crippen LogP contribution in [0.2, 0.25) is 0 Å². The van der Waals surface area contributed by atoms with E-state index >= 15 is 0 Å². The quantitative estimate of drug-likeness (QED) is 0.470. The van der Waals surface area contributed by atoms with Crippen LogP contribution in [-0.4, -0.2) is 17.8 Å². The van der Waals surface area contributed by atoms with E-state index < -0.39 is 20.8 Å². The lowest BCUT2D eigenvalue weighted by atomic mass is 10.3. The highest BCUT2D eigenvalue weighted by atomic mass is 31.1. The Morgan fingerprint density at radius 1 is 1.33 bits per heavy atom. The summed E-state index contributed by atoms with van der Waals surface area (Å²) >= 11 is 0. The SMILES string of the molecule is O=C(COc1ccccc1)O[PH](=O)OO. The summed E-state index contributed by atoms with van der Waals surface area (Å²) in [4.78, 5) is 10.9. The fourth-order valence-electron chi connectivity index (χ4n) is 0.800. The molecule has 1 rings (SSSR count). The van der Waals surface area contributed by atoms with Gasteiger partial charge in [-0.2, -0.15) is 0 Å². The van der Waals surface area contributed by atoms with Crippen LogP contribution in [0.25, 0.3) is 0 Å². The summed E-state index contributed by atoms with van der Waals surface area (Å²) < 4.78 is 22.9. The molecule has 1 aromatic rings. The van der Waals surface area contributed by atoms with E-state index in [0.29, 0.717) is 5.75 Å². The minimum absolute atomic E-state index is 0.399. The zero-order valence-electron chi connectivity index (χ0n) is 7.58. The van der Waals surface area contributed by atoms with Gasteiger partial charge in [-0.25, -0.2) is 14.6 Å². The average Bonchev–Trinajstić information content (AvgIpc) is 2.27. The van der Waals surface area contributed by atoms with Gasteiger partial charge in [0.1, 0.15) is 5.75 Å². The van der Waals surface area contributed by atoms with E-state index in [1.54, 1.807) is 30.3 Å². The van der Waals surface area contributed by atoms with E-state index in [1.165, 1.54) is 0 Å². The summed E-state index contributed by atoms with van der Waals surface area (Å²) in [6, 6.07) is 8.57. The van der Waals surface area contributed by atoms with Crippen LogP contribution in [0, 0.1) is 0 Å². The van der Waals surface area contributed by atoms with Gasteiger partial charge in [0, 0.05) is 0 Å². The number of para-hydroxylation sites is 1. The first-order valence-electron chi connectivity index (χ1n) is 3.96. The maximum Gasteiger partial charge on any atom is 0.396 e. The largest absolute Gasteiger partial charge is 0.482 e. The van der Waals surface area contributed by atoms with Crippen LogP contribution >= 0.6 is 8.25 Å². The third-order valence-electron chi connectivity index (χ3n) is 1.37. The second-order valence-corrected chi connectivity index (χ2v) is 3.30. The van der Waals surface area contributed by atoms with Gasteiger partial charge in [0.15, 0.2) is 6.61 Å². The normalized spacial score (nSPS) is 11.8. The van der Waals surface area contributed by atoms with Gasteiger partial charge in [0.25, 0.3) is 0 Å². The molecule has 0 aromatic heterocycles. The Balaban J connectivity index is 2.32. The van der Waals surface area contributed by atoms with Gasteiger partial charge < -0.3 is 9.26 Å². The topological polar surface area (TPSA) is 82.1 Å². The lowest BCUT2D eigenvalue weighted by Crippen LogP contribution is -2.11. The van der Waals surface area contributed by atoms with E-state index in [4.69, 9.17) is 9.99 Å². The number of hydrogen-bond acceptors (Lipinski definition) is 6. The van der Waals surface area contributed by atoms with Crippen molar-refractivity contribution in [3.05, 3.63) is 30.3 Å². The fraction of sp³-hybridized carbons (Fsp3) is 0.125. The molecule has 0 radical (unpaired) electrons. The first kappa shape index (κ1) is 11.7. The summed E-state index contributed by atoms with van der Waals surface area (Å²) in [5, 5.41) is 7.88. The second-order valence-electron chi connectivity index (χ2n) is 2.42.